The Bertz CT molecular complexity index is 2010. The van der Waals surface area contributed by atoms with Crippen LogP contribution in [0.1, 0.15) is 87.8 Å². The molecular formula is C39H66Cl3ILaN8O6Si2-. The van der Waals surface area contributed by atoms with Crippen molar-refractivity contribution in [3.05, 3.63) is 53.7 Å². The van der Waals surface area contributed by atoms with E-state index in [1.54, 1.807) is 21.2 Å². The predicted octanol–water partition coefficient (Wildman–Crippen LogP) is 10.1. The third-order valence-corrected chi connectivity index (χ3v) is 21.6. The van der Waals surface area contributed by atoms with Crippen LogP contribution in [0.5, 0.6) is 0 Å². The zero-order valence-electron chi connectivity index (χ0n) is 37.8. The zero-order valence-corrected chi connectivity index (χ0v) is 47.8. The number of cyclic esters (lactones) is 1. The van der Waals surface area contributed by atoms with E-state index in [4.69, 9.17) is 50.2 Å². The molecule has 4 aromatic rings. The van der Waals surface area contributed by atoms with Gasteiger partial charge in [-0.3, -0.25) is 0 Å². The molecule has 2 saturated heterocycles. The molecule has 0 radical (unpaired) electrons. The molecule has 14 nitrogen and oxygen atoms in total. The second-order valence-electron chi connectivity index (χ2n) is 18.0. The molecular weight excluding hydrogens is 1100 g/mol. The van der Waals surface area contributed by atoms with Crippen molar-refractivity contribution in [1.82, 2.24) is 29.2 Å². The number of hydrogen-bond donors (Lipinski definition) is 3. The number of nitrogen functional groups attached to an aromatic ring is 2. The number of nitrogens with two attached hydrogens (primary N) is 2. The van der Waals surface area contributed by atoms with Gasteiger partial charge < -0.3 is 42.3 Å². The Balaban J connectivity index is 0.000000320. The molecule has 0 aromatic carbocycles. The van der Waals surface area contributed by atoms with Crippen LogP contribution in [0.25, 0.3) is 11.0 Å². The van der Waals surface area contributed by atoms with Gasteiger partial charge in [-0.2, -0.15) is 10.2 Å². The first-order valence-corrected chi connectivity index (χ1v) is 40.3. The molecule has 5 N–H and O–H groups in total. The van der Waals surface area contributed by atoms with Crippen LogP contribution in [0.15, 0.2) is 36.9 Å². The number of rotatable bonds is 7. The fourth-order valence-electron chi connectivity index (χ4n) is 6.28. The van der Waals surface area contributed by atoms with E-state index < -0.39 is 54.2 Å². The van der Waals surface area contributed by atoms with Crippen molar-refractivity contribution < 1.29 is 53.9 Å². The van der Waals surface area contributed by atoms with Gasteiger partial charge in [0.15, 0.2) is 28.3 Å². The van der Waals surface area contributed by atoms with Crippen molar-refractivity contribution in [2.24, 2.45) is 11.8 Å². The van der Waals surface area contributed by atoms with Gasteiger partial charge >= 0.3 is 52.0 Å². The number of esters is 1. The van der Waals surface area contributed by atoms with Crippen molar-refractivity contribution in [2.75, 3.05) is 11.5 Å². The molecule has 2 fully saturated rings. The van der Waals surface area contributed by atoms with E-state index in [9.17, 15) is 9.90 Å². The summed E-state index contributed by atoms with van der Waals surface area (Å²) in [5.41, 5.74) is 13.6. The van der Waals surface area contributed by atoms with Gasteiger partial charge in [0.05, 0.1) is 6.10 Å². The van der Waals surface area contributed by atoms with Crippen LogP contribution in [-0.2, 0) is 28.9 Å². The Morgan fingerprint density at radius 3 is 1.73 bits per heavy atom. The summed E-state index contributed by atoms with van der Waals surface area (Å²) in [7, 11) is -4.04. The van der Waals surface area contributed by atoms with Crippen LogP contribution in [0.2, 0.25) is 36.3 Å². The Morgan fingerprint density at radius 2 is 1.28 bits per heavy atom. The second kappa shape index (κ2) is 22.0. The van der Waals surface area contributed by atoms with Gasteiger partial charge in [-0.25, -0.2) is 23.8 Å². The first-order chi connectivity index (χ1) is 27.0. The molecule has 0 saturated carbocycles. The van der Waals surface area contributed by atoms with Crippen molar-refractivity contribution in [1.29, 1.82) is 0 Å². The molecule has 6 rings (SSSR count). The first kappa shape index (κ1) is 55.5. The average molecular weight is 1170 g/mol. The summed E-state index contributed by atoms with van der Waals surface area (Å²) >= 11 is -0.118. The summed E-state index contributed by atoms with van der Waals surface area (Å²) in [4.78, 5) is 19.7. The van der Waals surface area contributed by atoms with Gasteiger partial charge in [0.1, 0.15) is 51.4 Å². The Morgan fingerprint density at radius 1 is 0.833 bits per heavy atom. The van der Waals surface area contributed by atoms with Crippen molar-refractivity contribution in [3.8, 4) is 0 Å². The summed E-state index contributed by atoms with van der Waals surface area (Å²) in [6.45, 7) is 45.2. The standard InChI is InChI=1S/C19H32N4O3Si.C13H26O3Si.C6H5IN4.CH3.3ClH.La/c1-8-14-12(2)16(26-27(6,7)18(3,4)5)19(24,25-14)15-10-9-13-17(20)21-11-22-23(13)15;1-8-10-9(2)11(12(14)15-10)16-17(6,7)13(3,4)5;7-5-2-1-4-6(8)9-3-10-11(4)5;;;;;/h9-12,14,16,24H,8H2,1-7H3,(H2,20,21,22);9-11H,8H2,1-7H3;1-3H,(H2,8,9,10);1H3;3*1H;/q;;;-1;;;;+3/p-3/t12-,14-,16?,19?;9-,10-,11-;;;;;;/m11....../s1. The fourth-order valence-corrected chi connectivity index (χ4v) is 9.51. The number of anilines is 2. The Hall–Kier alpha value is -0.621. The molecule has 6 heterocycles. The van der Waals surface area contributed by atoms with Gasteiger partial charge in [-0.15, -0.1) is 0 Å². The Labute approximate surface area is 393 Å². The number of carbonyl (C=O) groups excluding carboxylic acids is 1. The van der Waals surface area contributed by atoms with Gasteiger partial charge in [0.2, 0.25) is 5.79 Å². The molecule has 60 heavy (non-hydrogen) atoms. The van der Waals surface area contributed by atoms with Crippen LogP contribution >= 0.6 is 43.0 Å². The Kier molecular flexibility index (Phi) is 20.4. The van der Waals surface area contributed by atoms with Gasteiger partial charge in [-0.05, 0) is 96.0 Å². The molecule has 0 spiro atoms. The van der Waals surface area contributed by atoms with Crippen LogP contribution in [0.4, 0.5) is 11.6 Å². The van der Waals surface area contributed by atoms with E-state index in [1.807, 2.05) is 19.1 Å². The van der Waals surface area contributed by atoms with Gasteiger partial charge in [0, 0.05) is 11.8 Å². The zero-order chi connectivity index (χ0) is 45.1. The van der Waals surface area contributed by atoms with Gasteiger partial charge in [0.25, 0.3) is 0 Å². The first-order valence-electron chi connectivity index (χ1n) is 19.7. The molecule has 2 aliphatic heterocycles. The molecule has 21 heteroatoms. The second-order valence-corrected chi connectivity index (χ2v) is 44.5. The molecule has 0 bridgehead atoms. The number of carbonyl (C=O) groups is 1. The summed E-state index contributed by atoms with van der Waals surface area (Å²) in [6.07, 6.45) is 3.56. The van der Waals surface area contributed by atoms with E-state index in [0.717, 1.165) is 22.1 Å². The topological polar surface area (TPSA) is 187 Å². The molecule has 4 aromatic heterocycles. The molecule has 338 valence electrons. The number of nitrogens with zero attached hydrogens (tertiary/aromatic N) is 6. The van der Waals surface area contributed by atoms with Crippen molar-refractivity contribution >= 4 is 88.2 Å². The number of aliphatic hydroxyl groups is 1. The van der Waals surface area contributed by atoms with E-state index in [-0.39, 0.29) is 53.6 Å². The van der Waals surface area contributed by atoms with Gasteiger partial charge in [-0.1, -0.05) is 69.2 Å². The number of ether oxygens (including phenoxy) is 2. The van der Waals surface area contributed by atoms with Crippen LogP contribution in [0.3, 0.4) is 0 Å². The van der Waals surface area contributed by atoms with E-state index >= 15 is 0 Å². The van der Waals surface area contributed by atoms with Crippen LogP contribution in [0, 0.1) is 48.6 Å². The minimum atomic E-state index is -2.31. The normalized spacial score (nSPS) is 24.4. The van der Waals surface area contributed by atoms with Crippen molar-refractivity contribution in [3.63, 3.8) is 0 Å². The number of halogens is 4. The third kappa shape index (κ3) is 13.0. The summed E-state index contributed by atoms with van der Waals surface area (Å²) in [5, 5.41) is 20.2. The monoisotopic (exact) mass is 1170 g/mol. The molecule has 0 amide bonds. The van der Waals surface area contributed by atoms with Crippen molar-refractivity contribution in [2.45, 2.75) is 149 Å². The van der Waals surface area contributed by atoms with E-state index in [2.05, 4.69) is 131 Å². The minimum absolute atomic E-state index is 0. The molecule has 7 atom stereocenters. The summed E-state index contributed by atoms with van der Waals surface area (Å²) in [6, 6.07) is 7.45. The summed E-state index contributed by atoms with van der Waals surface area (Å²) < 4.78 is 28.8. The maximum absolute atomic E-state index is 11.8. The van der Waals surface area contributed by atoms with Crippen LogP contribution in [-0.4, -0.2) is 81.3 Å². The average Bonchev–Trinajstić information content (AvgIpc) is 3.86. The molecule has 0 aliphatic carbocycles. The number of hydrogen-bond acceptors (Lipinski definition) is 12. The van der Waals surface area contributed by atoms with E-state index in [0.29, 0.717) is 22.8 Å². The maximum atomic E-state index is 11.8. The number of aromatic nitrogens is 6. The SMILES string of the molecule is CC[C@H]1OC(=O)[C@H](O[Si](C)(C)C(C)(C)C)[C@@H]1C.CC[C@H]1OC(O)(c2ccc3c(N)ncnn23)C(O[Si](C)(C)C(C)(C)C)[C@@H]1C.Nc1ncnn2c(I)ccc12.[CH3-].[Cl][La]([Cl])[Cl]. The quantitative estimate of drug-likeness (QED) is 0.0689. The predicted molar refractivity (Wildman–Crippen MR) is 253 cm³/mol. The van der Waals surface area contributed by atoms with E-state index in [1.165, 1.54) is 12.7 Å². The third-order valence-electron chi connectivity index (χ3n) is 11.9. The fraction of sp³-hybridized carbons (Fsp3) is 0.641. The molecule has 2 unspecified atom stereocenters. The summed E-state index contributed by atoms with van der Waals surface area (Å²) in [5.74, 6) is -0.680. The molecule has 2 aliphatic rings. The number of fused-ring (bicyclic) bond motifs is 2. The van der Waals surface area contributed by atoms with Crippen LogP contribution < -0.4 is 11.5 Å².